The normalized spacial score (nSPS) is 10.1. The van der Waals surface area contributed by atoms with Crippen LogP contribution in [0, 0.1) is 6.92 Å². The van der Waals surface area contributed by atoms with Crippen LogP contribution in [0.1, 0.15) is 48.7 Å². The van der Waals surface area contributed by atoms with E-state index in [0.29, 0.717) is 25.1 Å². The number of hydrogen-bond donors (Lipinski definition) is 2. The Morgan fingerprint density at radius 1 is 1.15 bits per heavy atom. The first-order valence-corrected chi connectivity index (χ1v) is 7.11. The number of amides is 2. The van der Waals surface area contributed by atoms with E-state index in [-0.39, 0.29) is 11.8 Å². The fourth-order valence-electron chi connectivity index (χ4n) is 1.65. The molecule has 1 aromatic rings. The van der Waals surface area contributed by atoms with Gasteiger partial charge in [-0.05, 0) is 31.9 Å². The van der Waals surface area contributed by atoms with Gasteiger partial charge in [-0.15, -0.1) is 0 Å². The number of carbonyl (C=O) groups excluding carboxylic acids is 2. The Hall–Kier alpha value is -1.91. The van der Waals surface area contributed by atoms with Crippen molar-refractivity contribution in [2.24, 2.45) is 0 Å². The molecular formula is C15H23N3O2. The van der Waals surface area contributed by atoms with E-state index in [1.165, 1.54) is 0 Å². The average Bonchev–Trinajstić information content (AvgIpc) is 2.45. The summed E-state index contributed by atoms with van der Waals surface area (Å²) < 4.78 is 0. The first-order chi connectivity index (χ1) is 9.63. The van der Waals surface area contributed by atoms with E-state index < -0.39 is 0 Å². The molecule has 2 N–H and O–H groups in total. The lowest BCUT2D eigenvalue weighted by molar-refractivity contribution is -0.121. The van der Waals surface area contributed by atoms with Crippen molar-refractivity contribution < 1.29 is 9.59 Å². The Balaban J connectivity index is 2.13. The molecular weight excluding hydrogens is 254 g/mol. The summed E-state index contributed by atoms with van der Waals surface area (Å²) in [7, 11) is 0. The maximum atomic E-state index is 11.8. The van der Waals surface area contributed by atoms with Gasteiger partial charge in [0.25, 0.3) is 5.91 Å². The Bertz CT molecular complexity index is 429. The van der Waals surface area contributed by atoms with Gasteiger partial charge in [0.15, 0.2) is 0 Å². The van der Waals surface area contributed by atoms with Crippen molar-refractivity contribution in [1.82, 2.24) is 15.6 Å². The summed E-state index contributed by atoms with van der Waals surface area (Å²) >= 11 is 0. The number of aromatic nitrogens is 1. The zero-order chi connectivity index (χ0) is 14.8. The van der Waals surface area contributed by atoms with Crippen molar-refractivity contribution in [1.29, 1.82) is 0 Å². The number of nitrogens with one attached hydrogen (secondary N) is 2. The summed E-state index contributed by atoms with van der Waals surface area (Å²) in [5.41, 5.74) is 1.44. The van der Waals surface area contributed by atoms with Gasteiger partial charge in [0.1, 0.15) is 0 Å². The van der Waals surface area contributed by atoms with Crippen molar-refractivity contribution in [2.45, 2.75) is 39.5 Å². The van der Waals surface area contributed by atoms with Crippen LogP contribution in [-0.2, 0) is 4.79 Å². The third-order valence-electron chi connectivity index (χ3n) is 2.89. The molecule has 0 unspecified atom stereocenters. The zero-order valence-electron chi connectivity index (χ0n) is 12.2. The highest BCUT2D eigenvalue weighted by Crippen LogP contribution is 1.98. The summed E-state index contributed by atoms with van der Waals surface area (Å²) in [6.45, 7) is 5.07. The number of unbranched alkanes of at least 4 members (excludes halogenated alkanes) is 1. The van der Waals surface area contributed by atoms with Gasteiger partial charge in [0.2, 0.25) is 5.91 Å². The molecule has 0 fully saturated rings. The van der Waals surface area contributed by atoms with Crippen LogP contribution in [0.5, 0.6) is 0 Å². The minimum Gasteiger partial charge on any atom is -0.356 e. The molecule has 0 aliphatic heterocycles. The Morgan fingerprint density at radius 3 is 2.55 bits per heavy atom. The standard InChI is InChI=1S/C15H23N3O2/c1-3-4-6-14(19)16-9-5-10-17-15(20)13-8-7-12(2)18-11-13/h7-8,11H,3-6,9-10H2,1-2H3,(H,16,19)(H,17,20). The smallest absolute Gasteiger partial charge is 0.252 e. The molecule has 0 saturated heterocycles. The fraction of sp³-hybridized carbons (Fsp3) is 0.533. The van der Waals surface area contributed by atoms with E-state index in [1.807, 2.05) is 13.0 Å². The maximum Gasteiger partial charge on any atom is 0.252 e. The van der Waals surface area contributed by atoms with Gasteiger partial charge < -0.3 is 10.6 Å². The van der Waals surface area contributed by atoms with Crippen molar-refractivity contribution in [2.75, 3.05) is 13.1 Å². The van der Waals surface area contributed by atoms with Crippen LogP contribution in [0.15, 0.2) is 18.3 Å². The number of aryl methyl sites for hydroxylation is 1. The maximum absolute atomic E-state index is 11.8. The van der Waals surface area contributed by atoms with E-state index >= 15 is 0 Å². The van der Waals surface area contributed by atoms with Crippen LogP contribution in [0.2, 0.25) is 0 Å². The monoisotopic (exact) mass is 277 g/mol. The van der Waals surface area contributed by atoms with Crippen LogP contribution >= 0.6 is 0 Å². The van der Waals surface area contributed by atoms with E-state index in [2.05, 4.69) is 22.5 Å². The van der Waals surface area contributed by atoms with Gasteiger partial charge in [-0.1, -0.05) is 13.3 Å². The molecule has 110 valence electrons. The topological polar surface area (TPSA) is 71.1 Å². The lowest BCUT2D eigenvalue weighted by Crippen LogP contribution is -2.29. The van der Waals surface area contributed by atoms with Crippen LogP contribution in [-0.4, -0.2) is 29.9 Å². The number of pyridine rings is 1. The molecule has 1 aromatic heterocycles. The van der Waals surface area contributed by atoms with Gasteiger partial charge in [-0.3, -0.25) is 14.6 Å². The molecule has 0 aromatic carbocycles. The predicted octanol–water partition coefficient (Wildman–Crippen LogP) is 1.82. The molecule has 20 heavy (non-hydrogen) atoms. The number of hydrogen-bond acceptors (Lipinski definition) is 3. The van der Waals surface area contributed by atoms with Crippen LogP contribution < -0.4 is 10.6 Å². The first-order valence-electron chi connectivity index (χ1n) is 7.11. The Labute approximate surface area is 120 Å². The summed E-state index contributed by atoms with van der Waals surface area (Å²) in [6.07, 6.45) is 4.81. The summed E-state index contributed by atoms with van der Waals surface area (Å²) in [4.78, 5) is 27.2. The van der Waals surface area contributed by atoms with Crippen LogP contribution in [0.4, 0.5) is 0 Å². The predicted molar refractivity (Wildman–Crippen MR) is 78.5 cm³/mol. The number of carbonyl (C=O) groups is 2. The quantitative estimate of drug-likeness (QED) is 0.712. The summed E-state index contributed by atoms with van der Waals surface area (Å²) in [5, 5.41) is 5.64. The third kappa shape index (κ3) is 6.31. The van der Waals surface area contributed by atoms with E-state index in [0.717, 1.165) is 25.0 Å². The van der Waals surface area contributed by atoms with E-state index in [4.69, 9.17) is 0 Å². The zero-order valence-corrected chi connectivity index (χ0v) is 12.2. The second-order valence-corrected chi connectivity index (χ2v) is 4.75. The molecule has 1 heterocycles. The van der Waals surface area contributed by atoms with Gasteiger partial charge in [-0.25, -0.2) is 0 Å². The van der Waals surface area contributed by atoms with Crippen molar-refractivity contribution in [3.05, 3.63) is 29.6 Å². The van der Waals surface area contributed by atoms with Crippen molar-refractivity contribution in [3.8, 4) is 0 Å². The lowest BCUT2D eigenvalue weighted by atomic mass is 10.2. The molecule has 0 bridgehead atoms. The molecule has 1 rings (SSSR count). The van der Waals surface area contributed by atoms with Crippen molar-refractivity contribution >= 4 is 11.8 Å². The molecule has 5 nitrogen and oxygen atoms in total. The number of rotatable bonds is 8. The fourth-order valence-corrected chi connectivity index (χ4v) is 1.65. The average molecular weight is 277 g/mol. The molecule has 0 aliphatic rings. The SMILES string of the molecule is CCCCC(=O)NCCCNC(=O)c1ccc(C)nc1. The second kappa shape index (κ2) is 9.07. The van der Waals surface area contributed by atoms with Gasteiger partial charge in [-0.2, -0.15) is 0 Å². The summed E-state index contributed by atoms with van der Waals surface area (Å²) in [6, 6.07) is 3.56. The lowest BCUT2D eigenvalue weighted by Gasteiger charge is -2.06. The highest BCUT2D eigenvalue weighted by molar-refractivity contribution is 5.93. The Kier molecular flexibility index (Phi) is 7.32. The Morgan fingerprint density at radius 2 is 1.90 bits per heavy atom. The highest BCUT2D eigenvalue weighted by Gasteiger charge is 2.04. The van der Waals surface area contributed by atoms with Crippen LogP contribution in [0.25, 0.3) is 0 Å². The molecule has 0 spiro atoms. The largest absolute Gasteiger partial charge is 0.356 e. The number of nitrogens with zero attached hydrogens (tertiary/aromatic N) is 1. The molecule has 2 amide bonds. The van der Waals surface area contributed by atoms with Crippen LogP contribution in [0.3, 0.4) is 0 Å². The second-order valence-electron chi connectivity index (χ2n) is 4.75. The highest BCUT2D eigenvalue weighted by atomic mass is 16.2. The van der Waals surface area contributed by atoms with Crippen molar-refractivity contribution in [3.63, 3.8) is 0 Å². The van der Waals surface area contributed by atoms with Gasteiger partial charge in [0.05, 0.1) is 5.56 Å². The van der Waals surface area contributed by atoms with E-state index in [9.17, 15) is 9.59 Å². The molecule has 0 aliphatic carbocycles. The minimum absolute atomic E-state index is 0.0842. The van der Waals surface area contributed by atoms with E-state index in [1.54, 1.807) is 12.3 Å². The minimum atomic E-state index is -0.130. The third-order valence-corrected chi connectivity index (χ3v) is 2.89. The molecule has 5 heteroatoms. The molecule has 0 saturated carbocycles. The molecule has 0 radical (unpaired) electrons. The molecule has 0 atom stereocenters. The van der Waals surface area contributed by atoms with Gasteiger partial charge in [0, 0.05) is 31.4 Å². The summed E-state index contributed by atoms with van der Waals surface area (Å²) in [5.74, 6) is -0.0456. The van der Waals surface area contributed by atoms with Gasteiger partial charge >= 0.3 is 0 Å². The first kappa shape index (κ1) is 16.1.